The molecule has 0 spiro atoms. The highest BCUT2D eigenvalue weighted by molar-refractivity contribution is 4.98. The van der Waals surface area contributed by atoms with Gasteiger partial charge in [0, 0.05) is 18.3 Å². The fraction of sp³-hybridized carbons (Fsp3) is 0.846. The van der Waals surface area contributed by atoms with Gasteiger partial charge in [0.05, 0.1) is 6.54 Å². The maximum absolute atomic E-state index is 12.8. The molecule has 2 aliphatic rings. The Balaban J connectivity index is 1.43. The minimum Gasteiger partial charge on any atom is -0.339 e. The van der Waals surface area contributed by atoms with Gasteiger partial charge in [0.25, 0.3) is 5.92 Å². The lowest BCUT2D eigenvalue weighted by Gasteiger charge is -2.20. The molecule has 2 fully saturated rings. The molecule has 4 nitrogen and oxygen atoms in total. The minimum absolute atomic E-state index is 0.0505. The molecule has 0 amide bonds. The van der Waals surface area contributed by atoms with Gasteiger partial charge in [-0.05, 0) is 32.9 Å². The van der Waals surface area contributed by atoms with Crippen molar-refractivity contribution in [2.45, 2.75) is 50.5 Å². The van der Waals surface area contributed by atoms with E-state index in [1.165, 1.54) is 6.42 Å². The molecule has 3 rings (SSSR count). The van der Waals surface area contributed by atoms with Gasteiger partial charge in [0.1, 0.15) is 0 Å². The Hall–Kier alpha value is -1.04. The molecule has 0 aliphatic heterocycles. The number of aromatic nitrogens is 2. The first-order chi connectivity index (χ1) is 9.04. The van der Waals surface area contributed by atoms with E-state index < -0.39 is 11.8 Å². The molecule has 0 aromatic carbocycles. The molecule has 2 aliphatic carbocycles. The van der Waals surface area contributed by atoms with Gasteiger partial charge in [0.15, 0.2) is 5.82 Å². The summed E-state index contributed by atoms with van der Waals surface area (Å²) in [5.41, 5.74) is 0. The molecule has 6 heteroatoms. The largest absolute Gasteiger partial charge is 0.339 e. The third-order valence-corrected chi connectivity index (χ3v) is 4.16. The van der Waals surface area contributed by atoms with Crippen molar-refractivity contribution in [3.8, 4) is 0 Å². The quantitative estimate of drug-likeness (QED) is 0.798. The third kappa shape index (κ3) is 2.94. The van der Waals surface area contributed by atoms with Crippen LogP contribution in [-0.2, 0) is 6.54 Å². The number of alkyl halides is 2. The average molecular weight is 271 g/mol. The molecule has 1 aromatic heterocycles. The van der Waals surface area contributed by atoms with Crippen LogP contribution in [0.5, 0.6) is 0 Å². The number of hydrogen-bond donors (Lipinski definition) is 0. The molecule has 0 unspecified atom stereocenters. The van der Waals surface area contributed by atoms with Crippen LogP contribution >= 0.6 is 0 Å². The Kier molecular flexibility index (Phi) is 3.28. The van der Waals surface area contributed by atoms with E-state index >= 15 is 0 Å². The van der Waals surface area contributed by atoms with Crippen LogP contribution < -0.4 is 0 Å². The van der Waals surface area contributed by atoms with Gasteiger partial charge in [-0.3, -0.25) is 4.90 Å². The van der Waals surface area contributed by atoms with Crippen molar-refractivity contribution in [2.75, 3.05) is 13.6 Å². The summed E-state index contributed by atoms with van der Waals surface area (Å²) in [4.78, 5) is 6.35. The maximum Gasteiger partial charge on any atom is 0.251 e. The molecule has 0 bridgehead atoms. The molecule has 1 aromatic rings. The Labute approximate surface area is 111 Å². The van der Waals surface area contributed by atoms with Gasteiger partial charge in [-0.1, -0.05) is 11.6 Å². The van der Waals surface area contributed by atoms with Crippen LogP contribution in [0.3, 0.4) is 0 Å². The number of rotatable bonds is 6. The Morgan fingerprint density at radius 2 is 2.16 bits per heavy atom. The van der Waals surface area contributed by atoms with E-state index in [1.54, 1.807) is 0 Å². The SMILES string of the molecule is CN(CC[C@@H]1CC1(F)F)Cc1noc(C2CCC2)n1. The van der Waals surface area contributed by atoms with E-state index in [9.17, 15) is 8.78 Å². The van der Waals surface area contributed by atoms with Crippen LogP contribution in [0.1, 0.15) is 49.7 Å². The highest BCUT2D eigenvalue weighted by Gasteiger charge is 2.55. The minimum atomic E-state index is -2.41. The highest BCUT2D eigenvalue weighted by Crippen LogP contribution is 2.50. The number of halogens is 2. The fourth-order valence-corrected chi connectivity index (χ4v) is 2.43. The van der Waals surface area contributed by atoms with Crippen molar-refractivity contribution in [3.63, 3.8) is 0 Å². The maximum atomic E-state index is 12.8. The zero-order chi connectivity index (χ0) is 13.5. The van der Waals surface area contributed by atoms with Gasteiger partial charge in [-0.25, -0.2) is 8.78 Å². The Morgan fingerprint density at radius 3 is 2.74 bits per heavy atom. The molecule has 106 valence electrons. The molecular formula is C13H19F2N3O. The molecular weight excluding hydrogens is 252 g/mol. The molecule has 1 heterocycles. The van der Waals surface area contributed by atoms with E-state index in [1.807, 2.05) is 11.9 Å². The zero-order valence-corrected chi connectivity index (χ0v) is 11.1. The van der Waals surface area contributed by atoms with E-state index in [2.05, 4.69) is 10.1 Å². The smallest absolute Gasteiger partial charge is 0.251 e. The molecule has 1 atom stereocenters. The predicted molar refractivity (Wildman–Crippen MR) is 64.9 cm³/mol. The summed E-state index contributed by atoms with van der Waals surface area (Å²) < 4.78 is 30.7. The van der Waals surface area contributed by atoms with E-state index in [4.69, 9.17) is 4.52 Å². The summed E-state index contributed by atoms with van der Waals surface area (Å²) >= 11 is 0. The molecule has 0 N–H and O–H groups in total. The summed E-state index contributed by atoms with van der Waals surface area (Å²) in [6.45, 7) is 1.21. The van der Waals surface area contributed by atoms with Crippen molar-refractivity contribution in [1.29, 1.82) is 0 Å². The van der Waals surface area contributed by atoms with Gasteiger partial charge < -0.3 is 4.52 Å². The van der Waals surface area contributed by atoms with Crippen LogP contribution in [0.15, 0.2) is 4.52 Å². The normalized spacial score (nSPS) is 25.6. The zero-order valence-electron chi connectivity index (χ0n) is 11.1. The van der Waals surface area contributed by atoms with Crippen molar-refractivity contribution in [2.24, 2.45) is 5.92 Å². The summed E-state index contributed by atoms with van der Waals surface area (Å²) in [5, 5.41) is 3.95. The van der Waals surface area contributed by atoms with E-state index in [0.717, 1.165) is 18.7 Å². The number of hydrogen-bond acceptors (Lipinski definition) is 4. The number of nitrogens with zero attached hydrogens (tertiary/aromatic N) is 3. The van der Waals surface area contributed by atoms with Crippen molar-refractivity contribution >= 4 is 0 Å². The van der Waals surface area contributed by atoms with Crippen LogP contribution in [-0.4, -0.2) is 34.6 Å². The van der Waals surface area contributed by atoms with Gasteiger partial charge in [0.2, 0.25) is 5.89 Å². The lowest BCUT2D eigenvalue weighted by Crippen LogP contribution is -2.21. The molecule has 2 saturated carbocycles. The second-order valence-electron chi connectivity index (χ2n) is 5.87. The molecule has 0 saturated heterocycles. The van der Waals surface area contributed by atoms with E-state index in [-0.39, 0.29) is 6.42 Å². The lowest BCUT2D eigenvalue weighted by molar-refractivity contribution is 0.0943. The van der Waals surface area contributed by atoms with E-state index in [0.29, 0.717) is 31.3 Å². The van der Waals surface area contributed by atoms with Crippen LogP contribution in [0, 0.1) is 5.92 Å². The van der Waals surface area contributed by atoms with Crippen LogP contribution in [0.4, 0.5) is 8.78 Å². The summed E-state index contributed by atoms with van der Waals surface area (Å²) in [6, 6.07) is 0. The Bertz CT molecular complexity index is 445. The highest BCUT2D eigenvalue weighted by atomic mass is 19.3. The lowest BCUT2D eigenvalue weighted by atomic mass is 9.85. The summed E-state index contributed by atoms with van der Waals surface area (Å²) in [5.74, 6) is -0.998. The monoisotopic (exact) mass is 271 g/mol. The summed E-state index contributed by atoms with van der Waals surface area (Å²) in [7, 11) is 1.90. The van der Waals surface area contributed by atoms with Crippen LogP contribution in [0.2, 0.25) is 0 Å². The van der Waals surface area contributed by atoms with Gasteiger partial charge in [-0.2, -0.15) is 4.98 Å². The summed E-state index contributed by atoms with van der Waals surface area (Å²) in [6.07, 6.45) is 4.09. The standard InChI is InChI=1S/C13H19F2N3O/c1-18(6-5-10-7-13(10,14)15)8-11-16-12(19-17-11)9-3-2-4-9/h9-10H,2-8H2,1H3/t10-/m1/s1. The second-order valence-corrected chi connectivity index (χ2v) is 5.87. The fourth-order valence-electron chi connectivity index (χ4n) is 2.43. The predicted octanol–water partition coefficient (Wildman–Crippen LogP) is 2.81. The average Bonchev–Trinajstić information content (AvgIpc) is 2.67. The van der Waals surface area contributed by atoms with Crippen molar-refractivity contribution in [3.05, 3.63) is 11.7 Å². The molecule has 0 radical (unpaired) electrons. The van der Waals surface area contributed by atoms with Gasteiger partial charge >= 0.3 is 0 Å². The van der Waals surface area contributed by atoms with Crippen molar-refractivity contribution < 1.29 is 13.3 Å². The van der Waals surface area contributed by atoms with Crippen LogP contribution in [0.25, 0.3) is 0 Å². The first kappa shape index (κ1) is 13.0. The Morgan fingerprint density at radius 1 is 1.42 bits per heavy atom. The first-order valence-corrected chi connectivity index (χ1v) is 6.93. The topological polar surface area (TPSA) is 42.2 Å². The molecule has 19 heavy (non-hydrogen) atoms. The second kappa shape index (κ2) is 4.81. The van der Waals surface area contributed by atoms with Gasteiger partial charge in [-0.15, -0.1) is 0 Å². The first-order valence-electron chi connectivity index (χ1n) is 6.93. The van der Waals surface area contributed by atoms with Crippen molar-refractivity contribution in [1.82, 2.24) is 15.0 Å². The third-order valence-electron chi connectivity index (χ3n) is 4.16.